The number of carbonyl (C=O) groups is 1. The van der Waals surface area contributed by atoms with Gasteiger partial charge in [0.15, 0.2) is 9.84 Å². The van der Waals surface area contributed by atoms with Gasteiger partial charge in [-0.3, -0.25) is 14.2 Å². The van der Waals surface area contributed by atoms with Gasteiger partial charge in [0.1, 0.15) is 5.82 Å². The number of carbonyl (C=O) groups excluding carboxylic acids is 1. The minimum absolute atomic E-state index is 0.0132. The topological polar surface area (TPSA) is 89.3 Å². The molecule has 1 amide bonds. The molecule has 180 valence electrons. The van der Waals surface area contributed by atoms with Crippen molar-refractivity contribution in [2.45, 2.75) is 32.6 Å². The maximum absolute atomic E-state index is 13.5. The first-order valence-electron chi connectivity index (χ1n) is 11.5. The highest BCUT2D eigenvalue weighted by atomic mass is 35.5. The van der Waals surface area contributed by atoms with Gasteiger partial charge in [0.25, 0.3) is 5.56 Å². The molecule has 0 bridgehead atoms. The van der Waals surface area contributed by atoms with E-state index < -0.39 is 15.8 Å². The van der Waals surface area contributed by atoms with Crippen molar-refractivity contribution >= 4 is 38.2 Å². The highest BCUT2D eigenvalue weighted by Gasteiger charge is 2.31. The number of benzene rings is 2. The molecule has 2 heterocycles. The molecule has 1 saturated heterocycles. The molecule has 0 aliphatic carbocycles. The summed E-state index contributed by atoms with van der Waals surface area (Å²) in [6, 6.07) is 14.2. The summed E-state index contributed by atoms with van der Waals surface area (Å²) < 4.78 is 25.2. The van der Waals surface area contributed by atoms with Crippen LogP contribution < -0.4 is 5.56 Å². The van der Waals surface area contributed by atoms with Crippen LogP contribution in [0.1, 0.15) is 32.0 Å². The van der Waals surface area contributed by atoms with Crippen LogP contribution in [0.4, 0.5) is 0 Å². The molecule has 1 aliphatic heterocycles. The summed E-state index contributed by atoms with van der Waals surface area (Å²) >= 11 is 6.22. The number of aromatic nitrogens is 2. The largest absolute Gasteiger partial charge is 0.340 e. The first kappa shape index (κ1) is 24.4. The van der Waals surface area contributed by atoms with Crippen LogP contribution >= 0.6 is 11.6 Å². The monoisotopic (exact) mass is 501 g/mol. The fraction of sp³-hybridized carbons (Fsp3) is 0.400. The summed E-state index contributed by atoms with van der Waals surface area (Å²) in [6.45, 7) is 2.47. The molecule has 1 aliphatic rings. The number of para-hydroxylation sites is 1. The third-order valence-corrected chi connectivity index (χ3v) is 8.10. The molecular weight excluding hydrogens is 474 g/mol. The zero-order valence-corrected chi connectivity index (χ0v) is 20.7. The summed E-state index contributed by atoms with van der Waals surface area (Å²) in [5.74, 6) is -0.0193. The summed E-state index contributed by atoms with van der Waals surface area (Å²) in [6.07, 6.45) is 2.67. The van der Waals surface area contributed by atoms with Gasteiger partial charge in [0.2, 0.25) is 5.91 Å². The molecule has 0 spiro atoms. The van der Waals surface area contributed by atoms with Gasteiger partial charge in [0, 0.05) is 30.5 Å². The Bertz CT molecular complexity index is 1360. The molecule has 0 radical (unpaired) electrons. The SMILES string of the molecule is CCCCC(Cc1nc2ccccc2c(=O)n1-c1cccc(Cl)c1)C(=O)N1CCS(=O)(=O)CC1. The number of rotatable bonds is 7. The van der Waals surface area contributed by atoms with E-state index in [1.807, 2.05) is 6.07 Å². The quantitative estimate of drug-likeness (QED) is 0.493. The van der Waals surface area contributed by atoms with E-state index in [2.05, 4.69) is 6.92 Å². The van der Waals surface area contributed by atoms with Crippen molar-refractivity contribution in [2.24, 2.45) is 5.92 Å². The molecule has 1 atom stereocenters. The minimum atomic E-state index is -3.09. The van der Waals surface area contributed by atoms with Crippen LogP contribution in [0.25, 0.3) is 16.6 Å². The molecule has 3 aromatic rings. The molecule has 0 N–H and O–H groups in total. The van der Waals surface area contributed by atoms with Crippen LogP contribution in [-0.4, -0.2) is 53.4 Å². The third-order valence-electron chi connectivity index (χ3n) is 6.25. The van der Waals surface area contributed by atoms with E-state index in [1.165, 1.54) is 0 Å². The Kier molecular flexibility index (Phi) is 7.38. The van der Waals surface area contributed by atoms with Crippen LogP contribution in [0.2, 0.25) is 5.02 Å². The van der Waals surface area contributed by atoms with Crippen molar-refractivity contribution in [2.75, 3.05) is 24.6 Å². The van der Waals surface area contributed by atoms with Crippen molar-refractivity contribution in [1.82, 2.24) is 14.5 Å². The van der Waals surface area contributed by atoms with Crippen LogP contribution in [0.3, 0.4) is 0 Å². The van der Waals surface area contributed by atoms with Crippen LogP contribution in [-0.2, 0) is 21.1 Å². The van der Waals surface area contributed by atoms with E-state index in [1.54, 1.807) is 51.9 Å². The minimum Gasteiger partial charge on any atom is -0.340 e. The van der Waals surface area contributed by atoms with Crippen molar-refractivity contribution in [3.8, 4) is 5.69 Å². The number of fused-ring (bicyclic) bond motifs is 1. The summed E-state index contributed by atoms with van der Waals surface area (Å²) in [7, 11) is -3.09. The van der Waals surface area contributed by atoms with Gasteiger partial charge in [-0.05, 0) is 36.8 Å². The van der Waals surface area contributed by atoms with Gasteiger partial charge in [-0.15, -0.1) is 0 Å². The zero-order chi connectivity index (χ0) is 24.3. The summed E-state index contributed by atoms with van der Waals surface area (Å²) in [5, 5.41) is 0.987. The number of halogens is 1. The fourth-order valence-corrected chi connectivity index (χ4v) is 5.76. The molecule has 1 aromatic heterocycles. The maximum atomic E-state index is 13.5. The smallest absolute Gasteiger partial charge is 0.265 e. The van der Waals surface area contributed by atoms with Crippen molar-refractivity contribution in [3.05, 3.63) is 69.7 Å². The van der Waals surface area contributed by atoms with E-state index in [-0.39, 0.29) is 42.5 Å². The van der Waals surface area contributed by atoms with E-state index in [9.17, 15) is 18.0 Å². The summed E-state index contributed by atoms with van der Waals surface area (Å²) in [4.78, 5) is 33.4. The van der Waals surface area contributed by atoms with Crippen molar-refractivity contribution in [1.29, 1.82) is 0 Å². The van der Waals surface area contributed by atoms with Gasteiger partial charge >= 0.3 is 0 Å². The standard InChI is InChI=1S/C25H28ClN3O4S/c1-2-3-7-18(24(30)28-12-14-34(32,33)15-13-28)16-23-27-22-11-5-4-10-21(22)25(31)29(23)20-9-6-8-19(26)17-20/h4-6,8-11,17-18H,2-3,7,12-16H2,1H3. The Hall–Kier alpha value is -2.71. The lowest BCUT2D eigenvalue weighted by Gasteiger charge is -2.30. The van der Waals surface area contributed by atoms with Gasteiger partial charge in [-0.2, -0.15) is 0 Å². The molecule has 2 aromatic carbocycles. The first-order valence-corrected chi connectivity index (χ1v) is 13.7. The van der Waals surface area contributed by atoms with E-state index in [0.717, 1.165) is 12.8 Å². The van der Waals surface area contributed by atoms with Gasteiger partial charge in [0.05, 0.1) is 28.1 Å². The number of hydrogen-bond acceptors (Lipinski definition) is 5. The van der Waals surface area contributed by atoms with Gasteiger partial charge < -0.3 is 4.90 Å². The third kappa shape index (κ3) is 5.33. The fourth-order valence-electron chi connectivity index (χ4n) is 4.37. The molecule has 9 heteroatoms. The second-order valence-electron chi connectivity index (χ2n) is 8.69. The predicted molar refractivity (Wildman–Crippen MR) is 134 cm³/mol. The molecular formula is C25H28ClN3O4S. The van der Waals surface area contributed by atoms with Crippen LogP contribution in [0.5, 0.6) is 0 Å². The average Bonchev–Trinajstić information content (AvgIpc) is 2.81. The Morgan fingerprint density at radius 2 is 1.85 bits per heavy atom. The highest BCUT2D eigenvalue weighted by molar-refractivity contribution is 7.91. The number of amides is 1. The predicted octanol–water partition coefficient (Wildman–Crippen LogP) is 3.65. The zero-order valence-electron chi connectivity index (χ0n) is 19.1. The second-order valence-corrected chi connectivity index (χ2v) is 11.4. The van der Waals surface area contributed by atoms with Crippen LogP contribution in [0, 0.1) is 5.92 Å². The molecule has 34 heavy (non-hydrogen) atoms. The van der Waals surface area contributed by atoms with Crippen molar-refractivity contribution < 1.29 is 13.2 Å². The van der Waals surface area contributed by atoms with E-state index in [0.29, 0.717) is 33.9 Å². The normalized spacial score (nSPS) is 16.5. The number of sulfone groups is 1. The number of hydrogen-bond donors (Lipinski definition) is 0. The van der Waals surface area contributed by atoms with Gasteiger partial charge in [-0.1, -0.05) is 49.6 Å². The molecule has 0 saturated carbocycles. The Morgan fingerprint density at radius 3 is 2.56 bits per heavy atom. The molecule has 7 nitrogen and oxygen atoms in total. The van der Waals surface area contributed by atoms with E-state index >= 15 is 0 Å². The molecule has 4 rings (SSSR count). The average molecular weight is 502 g/mol. The maximum Gasteiger partial charge on any atom is 0.265 e. The lowest BCUT2D eigenvalue weighted by Crippen LogP contribution is -2.46. The molecule has 1 fully saturated rings. The number of unbranched alkanes of at least 4 members (excludes halogenated alkanes) is 1. The van der Waals surface area contributed by atoms with E-state index in [4.69, 9.17) is 16.6 Å². The Labute approximate surface area is 204 Å². The Morgan fingerprint density at radius 1 is 1.12 bits per heavy atom. The second kappa shape index (κ2) is 10.3. The molecule has 1 unspecified atom stereocenters. The lowest BCUT2D eigenvalue weighted by molar-refractivity contribution is -0.135. The number of nitrogens with zero attached hydrogens (tertiary/aromatic N) is 3. The lowest BCUT2D eigenvalue weighted by atomic mass is 9.95. The van der Waals surface area contributed by atoms with Crippen LogP contribution in [0.15, 0.2) is 53.3 Å². The van der Waals surface area contributed by atoms with Gasteiger partial charge in [-0.25, -0.2) is 13.4 Å². The first-order chi connectivity index (χ1) is 16.3. The Balaban J connectivity index is 1.76. The van der Waals surface area contributed by atoms with Crippen molar-refractivity contribution in [3.63, 3.8) is 0 Å². The highest BCUT2D eigenvalue weighted by Crippen LogP contribution is 2.23. The summed E-state index contributed by atoms with van der Waals surface area (Å²) in [5.41, 5.74) is 0.955.